The second-order valence-electron chi connectivity index (χ2n) is 4.18. The fourth-order valence-corrected chi connectivity index (χ4v) is 2.76. The Kier molecular flexibility index (Phi) is 3.50. The minimum Gasteiger partial charge on any atom is -0.362 e. The molecular formula is C12H15N3O2S. The first-order valence-electron chi connectivity index (χ1n) is 5.61. The number of H-pyrrole nitrogens is 1. The molecule has 1 aromatic heterocycles. The van der Waals surface area contributed by atoms with E-state index in [1.807, 2.05) is 7.05 Å². The Morgan fingerprint density at radius 3 is 2.78 bits per heavy atom. The van der Waals surface area contributed by atoms with E-state index >= 15 is 0 Å². The molecule has 1 aliphatic heterocycles. The van der Waals surface area contributed by atoms with Crippen molar-refractivity contribution in [2.75, 3.05) is 19.3 Å². The van der Waals surface area contributed by atoms with Crippen molar-refractivity contribution in [1.82, 2.24) is 14.7 Å². The summed E-state index contributed by atoms with van der Waals surface area (Å²) in [6.07, 6.45) is 1.60. The number of carbonyl (C=O) groups excluding carboxylic acids is 1. The third-order valence-electron chi connectivity index (χ3n) is 2.79. The topological polar surface area (TPSA) is 58.1 Å². The molecule has 0 aliphatic carbocycles. The summed E-state index contributed by atoms with van der Waals surface area (Å²) in [5.74, 6) is 0.871. The zero-order valence-corrected chi connectivity index (χ0v) is 11.4. The predicted octanol–water partition coefficient (Wildman–Crippen LogP) is 1.05. The van der Waals surface area contributed by atoms with Crippen LogP contribution in [0.1, 0.15) is 23.0 Å². The third kappa shape index (κ3) is 2.30. The van der Waals surface area contributed by atoms with Crippen molar-refractivity contribution < 1.29 is 4.79 Å². The lowest BCUT2D eigenvalue weighted by atomic mass is 10.2. The molecule has 2 heterocycles. The normalized spacial score (nSPS) is 14.8. The van der Waals surface area contributed by atoms with E-state index in [9.17, 15) is 9.59 Å². The van der Waals surface area contributed by atoms with Gasteiger partial charge in [-0.3, -0.25) is 19.4 Å². The molecule has 1 aliphatic rings. The van der Waals surface area contributed by atoms with Gasteiger partial charge in [0.1, 0.15) is 10.7 Å². The van der Waals surface area contributed by atoms with E-state index in [1.165, 1.54) is 11.6 Å². The van der Waals surface area contributed by atoms with E-state index < -0.39 is 0 Å². The first-order chi connectivity index (χ1) is 8.50. The fourth-order valence-electron chi connectivity index (χ4n) is 1.75. The fraction of sp³-hybridized carbons (Fsp3) is 0.417. The molecule has 0 amide bonds. The molecule has 0 saturated carbocycles. The van der Waals surface area contributed by atoms with E-state index in [1.54, 1.807) is 24.9 Å². The minimum atomic E-state index is -0.209. The zero-order chi connectivity index (χ0) is 13.3. The Labute approximate surface area is 109 Å². The van der Waals surface area contributed by atoms with Gasteiger partial charge in [0.15, 0.2) is 5.78 Å². The average Bonchev–Trinajstić information content (AvgIpc) is 2.83. The minimum absolute atomic E-state index is 0.154. The molecule has 0 radical (unpaired) electrons. The molecule has 0 unspecified atom stereocenters. The number of Topliss-reactive ketones (excluding diaryl/α,β-unsaturated/α-hetero) is 1. The second kappa shape index (κ2) is 4.92. The molecule has 0 bridgehead atoms. The Hall–Kier alpha value is -1.65. The van der Waals surface area contributed by atoms with Crippen LogP contribution in [-0.2, 0) is 7.05 Å². The van der Waals surface area contributed by atoms with Crippen LogP contribution in [0.5, 0.6) is 0 Å². The SMILES string of the molecule is CC(=O)c1[nH]n(C)c(=O)c1C=C=C1SCCN1C. The number of aromatic amines is 1. The number of carbonyl (C=O) groups is 1. The van der Waals surface area contributed by atoms with Crippen LogP contribution in [0.4, 0.5) is 0 Å². The molecule has 18 heavy (non-hydrogen) atoms. The summed E-state index contributed by atoms with van der Waals surface area (Å²) >= 11 is 1.69. The van der Waals surface area contributed by atoms with Crippen molar-refractivity contribution in [2.45, 2.75) is 6.92 Å². The maximum Gasteiger partial charge on any atom is 0.274 e. The zero-order valence-electron chi connectivity index (χ0n) is 10.6. The maximum absolute atomic E-state index is 11.9. The van der Waals surface area contributed by atoms with Crippen molar-refractivity contribution in [3.63, 3.8) is 0 Å². The number of aromatic nitrogens is 2. The molecule has 1 N–H and O–H groups in total. The Balaban J connectivity index is 2.49. The lowest BCUT2D eigenvalue weighted by molar-refractivity contribution is 0.101. The van der Waals surface area contributed by atoms with Crippen molar-refractivity contribution in [1.29, 1.82) is 0 Å². The monoisotopic (exact) mass is 265 g/mol. The molecule has 6 heteroatoms. The predicted molar refractivity (Wildman–Crippen MR) is 72.6 cm³/mol. The van der Waals surface area contributed by atoms with E-state index in [0.29, 0.717) is 11.3 Å². The van der Waals surface area contributed by atoms with Crippen molar-refractivity contribution in [3.8, 4) is 0 Å². The standard InChI is InChI=1S/C12H15N3O2S/c1-8(16)11-9(12(17)15(3)13-11)4-5-10-14(2)6-7-18-10/h4,13H,6-7H2,1-3H3. The van der Waals surface area contributed by atoms with Crippen molar-refractivity contribution in [2.24, 2.45) is 7.05 Å². The van der Waals surface area contributed by atoms with Crippen LogP contribution in [0.2, 0.25) is 0 Å². The molecule has 0 spiro atoms. The second-order valence-corrected chi connectivity index (χ2v) is 5.27. The largest absolute Gasteiger partial charge is 0.362 e. The summed E-state index contributed by atoms with van der Waals surface area (Å²) < 4.78 is 1.31. The van der Waals surface area contributed by atoms with Crippen LogP contribution >= 0.6 is 11.8 Å². The average molecular weight is 265 g/mol. The lowest BCUT2D eigenvalue weighted by Gasteiger charge is -2.07. The highest BCUT2D eigenvalue weighted by Gasteiger charge is 2.15. The van der Waals surface area contributed by atoms with Gasteiger partial charge in [-0.1, -0.05) is 17.5 Å². The van der Waals surface area contributed by atoms with Gasteiger partial charge in [0.05, 0.1) is 5.56 Å². The van der Waals surface area contributed by atoms with E-state index in [0.717, 1.165) is 17.3 Å². The molecule has 0 atom stereocenters. The molecule has 96 valence electrons. The molecule has 1 fully saturated rings. The van der Waals surface area contributed by atoms with Crippen LogP contribution in [0, 0.1) is 0 Å². The lowest BCUT2D eigenvalue weighted by Crippen LogP contribution is -2.13. The van der Waals surface area contributed by atoms with Gasteiger partial charge in [0.2, 0.25) is 0 Å². The number of hydrogen-bond donors (Lipinski definition) is 1. The van der Waals surface area contributed by atoms with Crippen LogP contribution in [-0.4, -0.2) is 39.8 Å². The summed E-state index contributed by atoms with van der Waals surface area (Å²) in [7, 11) is 3.58. The number of hydrogen-bond acceptors (Lipinski definition) is 4. The Bertz CT molecular complexity index is 605. The summed E-state index contributed by atoms with van der Waals surface area (Å²) in [4.78, 5) is 25.4. The summed E-state index contributed by atoms with van der Waals surface area (Å²) in [5, 5.41) is 3.75. The number of nitrogens with zero attached hydrogens (tertiary/aromatic N) is 2. The van der Waals surface area contributed by atoms with Crippen LogP contribution in [0.15, 0.2) is 15.6 Å². The first kappa shape index (κ1) is 12.8. The number of nitrogens with one attached hydrogen (secondary N) is 1. The van der Waals surface area contributed by atoms with Gasteiger partial charge < -0.3 is 4.90 Å². The maximum atomic E-state index is 11.9. The van der Waals surface area contributed by atoms with E-state index in [-0.39, 0.29) is 11.3 Å². The highest BCUT2D eigenvalue weighted by Crippen LogP contribution is 2.24. The van der Waals surface area contributed by atoms with E-state index in [2.05, 4.69) is 15.7 Å². The Morgan fingerprint density at radius 2 is 2.22 bits per heavy atom. The first-order valence-corrected chi connectivity index (χ1v) is 6.60. The van der Waals surface area contributed by atoms with Crippen LogP contribution in [0.3, 0.4) is 0 Å². The molecule has 1 saturated heterocycles. The van der Waals surface area contributed by atoms with Crippen molar-refractivity contribution in [3.05, 3.63) is 32.4 Å². The van der Waals surface area contributed by atoms with Gasteiger partial charge in [-0.25, -0.2) is 0 Å². The molecule has 1 aromatic rings. The molecular weight excluding hydrogens is 250 g/mol. The molecule has 2 rings (SSSR count). The van der Waals surface area contributed by atoms with E-state index in [4.69, 9.17) is 0 Å². The highest BCUT2D eigenvalue weighted by atomic mass is 32.2. The molecule has 0 aromatic carbocycles. The number of thioether (sulfide) groups is 1. The third-order valence-corrected chi connectivity index (χ3v) is 3.88. The van der Waals surface area contributed by atoms with Crippen LogP contribution < -0.4 is 5.56 Å². The van der Waals surface area contributed by atoms with Gasteiger partial charge >= 0.3 is 0 Å². The number of rotatable bonds is 2. The quantitative estimate of drug-likeness (QED) is 0.641. The smallest absolute Gasteiger partial charge is 0.274 e. The van der Waals surface area contributed by atoms with Gasteiger partial charge in [0.25, 0.3) is 5.56 Å². The van der Waals surface area contributed by atoms with Crippen molar-refractivity contribution >= 4 is 23.6 Å². The summed E-state index contributed by atoms with van der Waals surface area (Å²) in [6, 6.07) is 0. The van der Waals surface area contributed by atoms with Gasteiger partial charge in [-0.05, 0) is 6.08 Å². The number of aryl methyl sites for hydroxylation is 1. The Morgan fingerprint density at radius 1 is 1.50 bits per heavy atom. The summed E-state index contributed by atoms with van der Waals surface area (Å²) in [5.41, 5.74) is 3.59. The van der Waals surface area contributed by atoms with Gasteiger partial charge in [-0.2, -0.15) is 0 Å². The van der Waals surface area contributed by atoms with Crippen LogP contribution in [0.25, 0.3) is 6.08 Å². The summed E-state index contributed by atoms with van der Waals surface area (Å²) in [6.45, 7) is 2.41. The molecule has 5 nitrogen and oxygen atoms in total. The van der Waals surface area contributed by atoms with Gasteiger partial charge in [-0.15, -0.1) is 0 Å². The van der Waals surface area contributed by atoms with Gasteiger partial charge in [0, 0.05) is 33.3 Å². The highest BCUT2D eigenvalue weighted by molar-refractivity contribution is 8.03. The number of ketones is 1.